The highest BCUT2D eigenvalue weighted by Gasteiger charge is 2.36. The molecule has 4 heterocycles. The van der Waals surface area contributed by atoms with Crippen molar-refractivity contribution in [2.75, 3.05) is 43.1 Å². The third-order valence-corrected chi connectivity index (χ3v) is 8.32. The topological polar surface area (TPSA) is 142 Å². The lowest BCUT2D eigenvalue weighted by Gasteiger charge is -2.31. The molecular weight excluding hydrogens is 631 g/mol. The van der Waals surface area contributed by atoms with Crippen molar-refractivity contribution in [2.24, 2.45) is 5.92 Å². The van der Waals surface area contributed by atoms with E-state index in [0.717, 1.165) is 17.4 Å². The predicted octanol–water partition coefficient (Wildman–Crippen LogP) is 4.88. The Morgan fingerprint density at radius 2 is 1.89 bits per heavy atom. The molecule has 1 aromatic carbocycles. The van der Waals surface area contributed by atoms with Gasteiger partial charge in [-0.05, 0) is 38.0 Å². The fourth-order valence-electron chi connectivity index (χ4n) is 5.05. The highest BCUT2D eigenvalue weighted by atomic mass is 32.1. The molecule has 0 spiro atoms. The van der Waals surface area contributed by atoms with Gasteiger partial charge in [0, 0.05) is 32.0 Å². The molecule has 2 saturated heterocycles. The Hall–Kier alpha value is -4.31. The van der Waals surface area contributed by atoms with Crippen LogP contribution in [0.3, 0.4) is 0 Å². The molecule has 0 bridgehead atoms. The summed E-state index contributed by atoms with van der Waals surface area (Å²) in [6.07, 6.45) is -0.757. The molecular formula is C30H32F3N5O7S. The van der Waals surface area contributed by atoms with Crippen LogP contribution in [0.5, 0.6) is 5.75 Å². The summed E-state index contributed by atoms with van der Waals surface area (Å²) < 4.78 is 63.2. The molecule has 3 aromatic rings. The lowest BCUT2D eigenvalue weighted by Crippen LogP contribution is -2.37. The average molecular weight is 664 g/mol. The summed E-state index contributed by atoms with van der Waals surface area (Å²) in [6.45, 7) is 4.80. The first-order chi connectivity index (χ1) is 22.0. The highest BCUT2D eigenvalue weighted by molar-refractivity contribution is 7.16. The third kappa shape index (κ3) is 8.09. The van der Waals surface area contributed by atoms with E-state index >= 15 is 0 Å². The van der Waals surface area contributed by atoms with Crippen molar-refractivity contribution < 1.29 is 46.5 Å². The quantitative estimate of drug-likeness (QED) is 0.297. The summed E-state index contributed by atoms with van der Waals surface area (Å²) >= 11 is 0.951. The number of anilines is 2. The number of ether oxygens (including phenoxy) is 4. The first kappa shape index (κ1) is 33.1. The molecule has 2 aliphatic rings. The maximum absolute atomic E-state index is 14.1. The largest absolute Gasteiger partial charge is 0.487 e. The number of piperidine rings is 1. The van der Waals surface area contributed by atoms with Crippen LogP contribution < -0.4 is 15.0 Å². The smallest absolute Gasteiger partial charge is 0.419 e. The van der Waals surface area contributed by atoms with E-state index in [0.29, 0.717) is 56.3 Å². The second kappa shape index (κ2) is 14.4. The Balaban J connectivity index is 1.32. The van der Waals surface area contributed by atoms with E-state index in [-0.39, 0.29) is 52.9 Å². The summed E-state index contributed by atoms with van der Waals surface area (Å²) in [5, 5.41) is 2.67. The molecule has 1 amide bonds. The number of thiazole rings is 1. The zero-order chi connectivity index (χ0) is 32.8. The van der Waals surface area contributed by atoms with Crippen LogP contribution in [0.2, 0.25) is 0 Å². The number of carbonyl (C=O) groups is 3. The van der Waals surface area contributed by atoms with Crippen molar-refractivity contribution in [3.05, 3.63) is 46.7 Å². The van der Waals surface area contributed by atoms with Gasteiger partial charge >= 0.3 is 18.1 Å². The number of benzene rings is 1. The Labute approximate surface area is 266 Å². The molecule has 5 rings (SSSR count). The zero-order valence-electron chi connectivity index (χ0n) is 25.1. The standard InChI is InChI=1S/C30H32F3N5O7S/c1-3-43-28(41)18-6-9-38(10-7-18)25-14-34-22(13-35-25)27(40)37-29-36-26(24(46-29)16-44-17(2)39)19-4-5-23(21(12-19)30(31,32)33)45-20-8-11-42-15-20/h4-5,12-14,18,20H,3,6-11,15-16H2,1-2H3,(H,36,37,40)/t20-/m0/s1. The van der Waals surface area contributed by atoms with E-state index in [1.54, 1.807) is 6.92 Å². The molecule has 2 fully saturated rings. The van der Waals surface area contributed by atoms with Crippen LogP contribution in [0, 0.1) is 5.92 Å². The number of amides is 1. The van der Waals surface area contributed by atoms with Gasteiger partial charge in [0.05, 0.1) is 54.3 Å². The SMILES string of the molecule is CCOC(=O)C1CCN(c2cnc(C(=O)Nc3nc(-c4ccc(O[C@H]5CCOC5)c(C(F)(F)F)c4)c(COC(C)=O)s3)cn2)CC1. The molecule has 0 aliphatic carbocycles. The normalized spacial score (nSPS) is 17.1. The molecule has 12 nitrogen and oxygen atoms in total. The van der Waals surface area contributed by atoms with E-state index in [1.807, 2.05) is 4.90 Å². The van der Waals surface area contributed by atoms with Crippen LogP contribution in [0.15, 0.2) is 30.6 Å². The van der Waals surface area contributed by atoms with Gasteiger partial charge in [-0.25, -0.2) is 15.0 Å². The average Bonchev–Trinajstić information content (AvgIpc) is 3.70. The van der Waals surface area contributed by atoms with Gasteiger partial charge in [-0.1, -0.05) is 11.3 Å². The monoisotopic (exact) mass is 663 g/mol. The van der Waals surface area contributed by atoms with Crippen molar-refractivity contribution in [3.63, 3.8) is 0 Å². The number of halogens is 3. The van der Waals surface area contributed by atoms with Gasteiger partial charge in [-0.3, -0.25) is 19.7 Å². The molecule has 246 valence electrons. The Morgan fingerprint density at radius 1 is 1.11 bits per heavy atom. The third-order valence-electron chi connectivity index (χ3n) is 7.37. The van der Waals surface area contributed by atoms with Gasteiger partial charge < -0.3 is 23.8 Å². The Morgan fingerprint density at radius 3 is 2.52 bits per heavy atom. The molecule has 0 saturated carbocycles. The Kier molecular flexibility index (Phi) is 10.4. The number of hydrogen-bond acceptors (Lipinski definition) is 12. The second-order valence-corrected chi connectivity index (χ2v) is 11.7. The summed E-state index contributed by atoms with van der Waals surface area (Å²) in [6, 6.07) is 3.57. The van der Waals surface area contributed by atoms with Crippen molar-refractivity contribution in [2.45, 2.75) is 52.0 Å². The highest BCUT2D eigenvalue weighted by Crippen LogP contribution is 2.41. The van der Waals surface area contributed by atoms with Gasteiger partial charge in [-0.2, -0.15) is 13.2 Å². The number of aromatic nitrogens is 3. The van der Waals surface area contributed by atoms with Crippen LogP contribution in [-0.4, -0.2) is 71.8 Å². The van der Waals surface area contributed by atoms with E-state index in [1.165, 1.54) is 31.5 Å². The lowest BCUT2D eigenvalue weighted by atomic mass is 9.97. The van der Waals surface area contributed by atoms with Gasteiger partial charge in [0.1, 0.15) is 30.0 Å². The molecule has 0 unspecified atom stereocenters. The van der Waals surface area contributed by atoms with Gasteiger partial charge in [0.15, 0.2) is 5.13 Å². The van der Waals surface area contributed by atoms with E-state index in [9.17, 15) is 27.6 Å². The van der Waals surface area contributed by atoms with E-state index in [2.05, 4.69) is 20.3 Å². The number of alkyl halides is 3. The maximum Gasteiger partial charge on any atom is 0.419 e. The molecule has 1 N–H and O–H groups in total. The number of nitrogens with zero attached hydrogens (tertiary/aromatic N) is 4. The first-order valence-electron chi connectivity index (χ1n) is 14.7. The lowest BCUT2D eigenvalue weighted by molar-refractivity contribution is -0.148. The van der Waals surface area contributed by atoms with Crippen molar-refractivity contribution in [3.8, 4) is 17.0 Å². The fourth-order valence-corrected chi connectivity index (χ4v) is 5.94. The summed E-state index contributed by atoms with van der Waals surface area (Å²) in [5.41, 5.74) is -0.804. The minimum absolute atomic E-state index is 0.0137. The minimum atomic E-state index is -4.73. The van der Waals surface area contributed by atoms with E-state index < -0.39 is 29.7 Å². The van der Waals surface area contributed by atoms with Crippen molar-refractivity contribution in [1.29, 1.82) is 0 Å². The fraction of sp³-hybridized carbons (Fsp3) is 0.467. The molecule has 1 atom stereocenters. The van der Waals surface area contributed by atoms with Crippen LogP contribution in [-0.2, 0) is 36.6 Å². The first-order valence-corrected chi connectivity index (χ1v) is 15.5. The minimum Gasteiger partial charge on any atom is -0.487 e. The summed E-state index contributed by atoms with van der Waals surface area (Å²) in [5.74, 6) is -1.39. The van der Waals surface area contributed by atoms with Crippen molar-refractivity contribution >= 4 is 40.1 Å². The van der Waals surface area contributed by atoms with Gasteiger partial charge in [0.25, 0.3) is 5.91 Å². The van der Waals surface area contributed by atoms with Crippen LogP contribution in [0.4, 0.5) is 24.1 Å². The summed E-state index contributed by atoms with van der Waals surface area (Å²) in [4.78, 5) is 51.8. The molecule has 46 heavy (non-hydrogen) atoms. The zero-order valence-corrected chi connectivity index (χ0v) is 25.9. The second-order valence-electron chi connectivity index (χ2n) is 10.6. The molecule has 2 aromatic heterocycles. The molecule has 0 radical (unpaired) electrons. The number of rotatable bonds is 10. The van der Waals surface area contributed by atoms with Gasteiger partial charge in [0.2, 0.25) is 0 Å². The van der Waals surface area contributed by atoms with Gasteiger partial charge in [-0.15, -0.1) is 0 Å². The number of esters is 2. The number of hydrogen-bond donors (Lipinski definition) is 1. The number of nitrogens with one attached hydrogen (secondary N) is 1. The van der Waals surface area contributed by atoms with Crippen molar-refractivity contribution in [1.82, 2.24) is 15.0 Å². The molecule has 16 heteroatoms. The predicted molar refractivity (Wildman–Crippen MR) is 159 cm³/mol. The van der Waals surface area contributed by atoms with Crippen LogP contribution in [0.1, 0.15) is 54.0 Å². The van der Waals surface area contributed by atoms with Crippen LogP contribution >= 0.6 is 11.3 Å². The molecule has 2 aliphatic heterocycles. The number of carbonyl (C=O) groups excluding carboxylic acids is 3. The Bertz CT molecular complexity index is 1550. The summed E-state index contributed by atoms with van der Waals surface area (Å²) in [7, 11) is 0. The maximum atomic E-state index is 14.1. The van der Waals surface area contributed by atoms with Crippen LogP contribution in [0.25, 0.3) is 11.3 Å². The van der Waals surface area contributed by atoms with E-state index in [4.69, 9.17) is 18.9 Å².